The van der Waals surface area contributed by atoms with Crippen molar-refractivity contribution in [3.05, 3.63) is 54.1 Å². The Balaban J connectivity index is 1.38. The van der Waals surface area contributed by atoms with E-state index >= 15 is 0 Å². The molecule has 2 aromatic carbocycles. The summed E-state index contributed by atoms with van der Waals surface area (Å²) in [5, 5.41) is 0. The molecule has 0 aliphatic carbocycles. The molecule has 2 heterocycles. The Labute approximate surface area is 153 Å². The normalized spacial score (nSPS) is 16.5. The summed E-state index contributed by atoms with van der Waals surface area (Å²) in [4.78, 5) is 28.0. The van der Waals surface area contributed by atoms with Crippen LogP contribution in [0.15, 0.2) is 48.5 Å². The maximum absolute atomic E-state index is 12.6. The highest BCUT2D eigenvalue weighted by molar-refractivity contribution is 5.96. The van der Waals surface area contributed by atoms with Gasteiger partial charge < -0.3 is 14.5 Å². The highest BCUT2D eigenvalue weighted by Crippen LogP contribution is 2.27. The lowest BCUT2D eigenvalue weighted by Gasteiger charge is -2.29. The summed E-state index contributed by atoms with van der Waals surface area (Å²) in [7, 11) is 0. The standard InChI is InChI=1S/C21H22N2O3/c24-20-8-4-13-22(20)17-9-11-18(12-10-17)26-15-21(25)23-14-3-6-16-5-1-2-7-19(16)23/h1-2,5,7,9-12H,3-4,6,8,13-15H2. The van der Waals surface area contributed by atoms with Crippen molar-refractivity contribution in [2.45, 2.75) is 25.7 Å². The fourth-order valence-electron chi connectivity index (χ4n) is 3.66. The first-order chi connectivity index (χ1) is 12.7. The van der Waals surface area contributed by atoms with Crippen LogP contribution < -0.4 is 14.5 Å². The lowest BCUT2D eigenvalue weighted by molar-refractivity contribution is -0.120. The molecule has 2 amide bonds. The van der Waals surface area contributed by atoms with Crippen molar-refractivity contribution in [3.8, 4) is 5.75 Å². The molecular formula is C21H22N2O3. The fourth-order valence-corrected chi connectivity index (χ4v) is 3.66. The molecule has 0 bridgehead atoms. The van der Waals surface area contributed by atoms with Crippen molar-refractivity contribution in [3.63, 3.8) is 0 Å². The third kappa shape index (κ3) is 3.29. The van der Waals surface area contributed by atoms with Crippen molar-refractivity contribution in [2.24, 2.45) is 0 Å². The zero-order chi connectivity index (χ0) is 17.9. The van der Waals surface area contributed by atoms with Crippen LogP contribution in [0, 0.1) is 0 Å². The molecule has 2 aliphatic heterocycles. The van der Waals surface area contributed by atoms with Gasteiger partial charge in [0.25, 0.3) is 5.91 Å². The molecule has 0 aromatic heterocycles. The first-order valence-corrected chi connectivity index (χ1v) is 9.14. The second kappa shape index (κ2) is 7.20. The quantitative estimate of drug-likeness (QED) is 0.851. The number of carbonyl (C=O) groups excluding carboxylic acids is 2. The van der Waals surface area contributed by atoms with Crippen LogP contribution in [0.4, 0.5) is 11.4 Å². The Morgan fingerprint density at radius 3 is 2.50 bits per heavy atom. The van der Waals surface area contributed by atoms with Gasteiger partial charge in [0.1, 0.15) is 5.75 Å². The van der Waals surface area contributed by atoms with Gasteiger partial charge in [-0.3, -0.25) is 9.59 Å². The monoisotopic (exact) mass is 350 g/mol. The Kier molecular flexibility index (Phi) is 4.61. The van der Waals surface area contributed by atoms with Gasteiger partial charge in [0.05, 0.1) is 0 Å². The second-order valence-electron chi connectivity index (χ2n) is 6.71. The van der Waals surface area contributed by atoms with Gasteiger partial charge in [-0.2, -0.15) is 0 Å². The van der Waals surface area contributed by atoms with Crippen LogP contribution in [0.3, 0.4) is 0 Å². The molecule has 1 saturated heterocycles. The Morgan fingerprint density at radius 1 is 0.962 bits per heavy atom. The molecule has 0 unspecified atom stereocenters. The molecule has 0 spiro atoms. The number of rotatable bonds is 4. The topological polar surface area (TPSA) is 49.9 Å². The predicted molar refractivity (Wildman–Crippen MR) is 101 cm³/mol. The van der Waals surface area contributed by atoms with Crippen LogP contribution in [0.25, 0.3) is 0 Å². The zero-order valence-electron chi connectivity index (χ0n) is 14.7. The number of anilines is 2. The highest BCUT2D eigenvalue weighted by Gasteiger charge is 2.23. The predicted octanol–water partition coefficient (Wildman–Crippen LogP) is 3.17. The third-order valence-corrected chi connectivity index (χ3v) is 5.00. The van der Waals surface area contributed by atoms with Crippen LogP contribution in [0.5, 0.6) is 5.75 Å². The molecule has 5 nitrogen and oxygen atoms in total. The number of carbonyl (C=O) groups is 2. The molecule has 2 aliphatic rings. The zero-order valence-corrected chi connectivity index (χ0v) is 14.7. The maximum atomic E-state index is 12.6. The van der Waals surface area contributed by atoms with Crippen LogP contribution in [-0.2, 0) is 16.0 Å². The van der Waals surface area contributed by atoms with Crippen molar-refractivity contribution >= 4 is 23.2 Å². The minimum atomic E-state index is -0.0315. The average molecular weight is 350 g/mol. The Hall–Kier alpha value is -2.82. The summed E-state index contributed by atoms with van der Waals surface area (Å²) >= 11 is 0. The summed E-state index contributed by atoms with van der Waals surface area (Å²) < 4.78 is 5.69. The van der Waals surface area contributed by atoms with Gasteiger partial charge in [-0.1, -0.05) is 18.2 Å². The van der Waals surface area contributed by atoms with Crippen molar-refractivity contribution in [1.29, 1.82) is 0 Å². The van der Waals surface area contributed by atoms with Crippen molar-refractivity contribution < 1.29 is 14.3 Å². The first kappa shape index (κ1) is 16.6. The number of fused-ring (bicyclic) bond motifs is 1. The van der Waals surface area contributed by atoms with E-state index in [1.165, 1.54) is 5.56 Å². The van der Waals surface area contributed by atoms with E-state index in [4.69, 9.17) is 4.74 Å². The summed E-state index contributed by atoms with van der Waals surface area (Å²) in [6, 6.07) is 15.4. The third-order valence-electron chi connectivity index (χ3n) is 5.00. The largest absolute Gasteiger partial charge is 0.484 e. The van der Waals surface area contributed by atoms with E-state index in [-0.39, 0.29) is 18.4 Å². The molecule has 0 N–H and O–H groups in total. The maximum Gasteiger partial charge on any atom is 0.264 e. The van der Waals surface area contributed by atoms with Crippen molar-refractivity contribution in [2.75, 3.05) is 29.5 Å². The van der Waals surface area contributed by atoms with E-state index in [2.05, 4.69) is 6.07 Å². The Morgan fingerprint density at radius 2 is 1.73 bits per heavy atom. The lowest BCUT2D eigenvalue weighted by Crippen LogP contribution is -2.38. The number of amides is 2. The average Bonchev–Trinajstić information content (AvgIpc) is 3.12. The summed E-state index contributed by atoms with van der Waals surface area (Å²) in [5.74, 6) is 0.771. The van der Waals surface area contributed by atoms with E-state index in [1.54, 1.807) is 4.90 Å². The molecule has 1 fully saturated rings. The van der Waals surface area contributed by atoms with Crippen LogP contribution in [0.2, 0.25) is 0 Å². The van der Waals surface area contributed by atoms with Crippen LogP contribution >= 0.6 is 0 Å². The van der Waals surface area contributed by atoms with E-state index in [1.807, 2.05) is 47.4 Å². The van der Waals surface area contributed by atoms with E-state index in [0.29, 0.717) is 12.2 Å². The number of benzene rings is 2. The molecule has 0 atom stereocenters. The first-order valence-electron chi connectivity index (χ1n) is 9.14. The number of para-hydroxylation sites is 1. The van der Waals surface area contributed by atoms with Crippen LogP contribution in [-0.4, -0.2) is 31.5 Å². The fraction of sp³-hybridized carbons (Fsp3) is 0.333. The van der Waals surface area contributed by atoms with Gasteiger partial charge in [-0.25, -0.2) is 0 Å². The number of ether oxygens (including phenoxy) is 1. The molecule has 26 heavy (non-hydrogen) atoms. The molecule has 134 valence electrons. The number of hydrogen-bond acceptors (Lipinski definition) is 3. The smallest absolute Gasteiger partial charge is 0.264 e. The molecule has 2 aromatic rings. The molecule has 0 saturated carbocycles. The minimum absolute atomic E-state index is 0.0102. The van der Waals surface area contributed by atoms with Gasteiger partial charge >= 0.3 is 0 Å². The summed E-state index contributed by atoms with van der Waals surface area (Å²) in [6.07, 6.45) is 3.51. The molecular weight excluding hydrogens is 328 g/mol. The molecule has 5 heteroatoms. The summed E-state index contributed by atoms with van der Waals surface area (Å²) in [5.41, 5.74) is 3.10. The molecule has 4 rings (SSSR count). The van der Waals surface area contributed by atoms with Gasteiger partial charge in [-0.05, 0) is 55.2 Å². The van der Waals surface area contributed by atoms with Gasteiger partial charge in [0, 0.05) is 30.9 Å². The van der Waals surface area contributed by atoms with Gasteiger partial charge in [0.15, 0.2) is 6.61 Å². The van der Waals surface area contributed by atoms with Gasteiger partial charge in [-0.15, -0.1) is 0 Å². The highest BCUT2D eigenvalue weighted by atomic mass is 16.5. The SMILES string of the molecule is O=C1CCCN1c1ccc(OCC(=O)N2CCCc3ccccc32)cc1. The number of aryl methyl sites for hydroxylation is 1. The number of nitrogens with zero attached hydrogens (tertiary/aromatic N) is 2. The van der Waals surface area contributed by atoms with Gasteiger partial charge in [0.2, 0.25) is 5.91 Å². The minimum Gasteiger partial charge on any atom is -0.484 e. The Bertz CT molecular complexity index is 816. The number of hydrogen-bond donors (Lipinski definition) is 0. The second-order valence-corrected chi connectivity index (χ2v) is 6.71. The van der Waals surface area contributed by atoms with E-state index < -0.39 is 0 Å². The summed E-state index contributed by atoms with van der Waals surface area (Å²) in [6.45, 7) is 1.51. The van der Waals surface area contributed by atoms with Crippen molar-refractivity contribution in [1.82, 2.24) is 0 Å². The molecule has 0 radical (unpaired) electrons. The van der Waals surface area contributed by atoms with E-state index in [9.17, 15) is 9.59 Å². The van der Waals surface area contributed by atoms with Crippen LogP contribution in [0.1, 0.15) is 24.8 Å². The van der Waals surface area contributed by atoms with E-state index in [0.717, 1.165) is 43.7 Å². The lowest BCUT2D eigenvalue weighted by atomic mass is 10.0.